The van der Waals surface area contributed by atoms with E-state index in [0.717, 1.165) is 0 Å². The number of non-ortho nitro benzene ring substituents is 1. The molecule has 2 aromatic carbocycles. The van der Waals surface area contributed by atoms with E-state index in [9.17, 15) is 19.7 Å². The van der Waals surface area contributed by atoms with E-state index in [-0.39, 0.29) is 11.3 Å². The summed E-state index contributed by atoms with van der Waals surface area (Å²) >= 11 is 0. The topological polar surface area (TPSA) is 132 Å². The van der Waals surface area contributed by atoms with Crippen LogP contribution in [0.3, 0.4) is 0 Å². The minimum Gasteiger partial charge on any atom is -0.497 e. The summed E-state index contributed by atoms with van der Waals surface area (Å²) in [4.78, 5) is 35.5. The molecule has 1 heterocycles. The van der Waals surface area contributed by atoms with Gasteiger partial charge in [0.05, 0.1) is 30.8 Å². The Morgan fingerprint density at radius 3 is 2.43 bits per heavy atom. The van der Waals surface area contributed by atoms with Gasteiger partial charge < -0.3 is 25.4 Å². The number of urea groups is 1. The lowest BCUT2D eigenvalue weighted by Crippen LogP contribution is -2.46. The van der Waals surface area contributed by atoms with Gasteiger partial charge >= 0.3 is 6.03 Å². The van der Waals surface area contributed by atoms with E-state index < -0.39 is 22.9 Å². The molecule has 3 amide bonds. The van der Waals surface area contributed by atoms with Gasteiger partial charge in [0.2, 0.25) is 0 Å². The van der Waals surface area contributed by atoms with Gasteiger partial charge in [-0.05, 0) is 37.3 Å². The summed E-state index contributed by atoms with van der Waals surface area (Å²) in [6.07, 6.45) is 0. The second kappa shape index (κ2) is 8.52. The lowest BCUT2D eigenvalue weighted by Gasteiger charge is -2.29. The third kappa shape index (κ3) is 4.17. The van der Waals surface area contributed by atoms with Gasteiger partial charge in [-0.3, -0.25) is 14.9 Å². The van der Waals surface area contributed by atoms with Crippen molar-refractivity contribution in [3.8, 4) is 11.5 Å². The minimum atomic E-state index is -0.804. The predicted octanol–water partition coefficient (Wildman–Crippen LogP) is 2.88. The fourth-order valence-corrected chi connectivity index (χ4v) is 3.16. The van der Waals surface area contributed by atoms with E-state index in [2.05, 4.69) is 16.0 Å². The van der Waals surface area contributed by atoms with Crippen LogP contribution in [0.25, 0.3) is 0 Å². The number of nitro benzene ring substituents is 1. The van der Waals surface area contributed by atoms with Crippen LogP contribution in [-0.2, 0) is 4.79 Å². The Morgan fingerprint density at radius 2 is 1.83 bits per heavy atom. The molecule has 1 aliphatic heterocycles. The fraction of sp³-hybridized carbons (Fsp3) is 0.200. The van der Waals surface area contributed by atoms with Crippen LogP contribution in [0.2, 0.25) is 0 Å². The second-order valence-corrected chi connectivity index (χ2v) is 6.44. The first-order valence-corrected chi connectivity index (χ1v) is 8.90. The maximum atomic E-state index is 13.1. The predicted molar refractivity (Wildman–Crippen MR) is 108 cm³/mol. The zero-order valence-corrected chi connectivity index (χ0v) is 16.5. The number of nitro groups is 1. The smallest absolute Gasteiger partial charge is 0.319 e. The first-order chi connectivity index (χ1) is 14.3. The summed E-state index contributed by atoms with van der Waals surface area (Å²) in [5.41, 5.74) is 1.46. The van der Waals surface area contributed by atoms with Crippen molar-refractivity contribution < 1.29 is 24.0 Å². The number of hydrogen-bond donors (Lipinski definition) is 3. The van der Waals surface area contributed by atoms with Crippen LogP contribution >= 0.6 is 0 Å². The van der Waals surface area contributed by atoms with Crippen molar-refractivity contribution in [1.29, 1.82) is 0 Å². The number of hydrogen-bond acceptors (Lipinski definition) is 6. The number of ether oxygens (including phenoxy) is 2. The normalized spacial score (nSPS) is 15.7. The van der Waals surface area contributed by atoms with Crippen LogP contribution in [0.5, 0.6) is 11.5 Å². The molecule has 0 saturated carbocycles. The Labute approximate surface area is 172 Å². The second-order valence-electron chi connectivity index (χ2n) is 6.44. The summed E-state index contributed by atoms with van der Waals surface area (Å²) in [5, 5.41) is 18.8. The van der Waals surface area contributed by atoms with Crippen LogP contribution in [-0.4, -0.2) is 31.1 Å². The van der Waals surface area contributed by atoms with Gasteiger partial charge in [0.15, 0.2) is 0 Å². The Balaban J connectivity index is 1.98. The molecule has 30 heavy (non-hydrogen) atoms. The summed E-state index contributed by atoms with van der Waals surface area (Å²) in [7, 11) is 3.00. The highest BCUT2D eigenvalue weighted by Gasteiger charge is 2.33. The number of allylic oxidation sites excluding steroid dienone is 1. The quantitative estimate of drug-likeness (QED) is 0.494. The van der Waals surface area contributed by atoms with Crippen molar-refractivity contribution in [2.24, 2.45) is 0 Å². The summed E-state index contributed by atoms with van der Waals surface area (Å²) < 4.78 is 10.7. The summed E-state index contributed by atoms with van der Waals surface area (Å²) in [6.45, 7) is 1.61. The lowest BCUT2D eigenvalue weighted by atomic mass is 9.93. The Kier molecular flexibility index (Phi) is 5.86. The Bertz CT molecular complexity index is 1030. The summed E-state index contributed by atoms with van der Waals surface area (Å²) in [5.74, 6) is 0.520. The van der Waals surface area contributed by atoms with Gasteiger partial charge in [-0.25, -0.2) is 4.79 Å². The lowest BCUT2D eigenvalue weighted by molar-refractivity contribution is -0.384. The molecule has 1 atom stereocenters. The average molecular weight is 412 g/mol. The van der Waals surface area contributed by atoms with Crippen LogP contribution in [0, 0.1) is 10.1 Å². The number of carbonyl (C=O) groups excluding carboxylic acids is 2. The maximum absolute atomic E-state index is 13.1. The third-order valence-electron chi connectivity index (χ3n) is 4.60. The summed E-state index contributed by atoms with van der Waals surface area (Å²) in [6, 6.07) is 9.25. The van der Waals surface area contributed by atoms with E-state index in [1.807, 2.05) is 0 Å². The molecule has 0 aliphatic carbocycles. The number of methoxy groups -OCH3 is 2. The SMILES string of the molecule is COc1ccc(OC)c(C2NC(=O)NC(C)=C2C(=O)Nc2ccc([N+](=O)[O-])cc2)c1. The molecule has 3 rings (SSSR count). The molecule has 0 aromatic heterocycles. The molecule has 10 nitrogen and oxygen atoms in total. The molecule has 0 bridgehead atoms. The van der Waals surface area contributed by atoms with Gasteiger partial charge in [0.25, 0.3) is 11.6 Å². The van der Waals surface area contributed by atoms with Gasteiger partial charge in [-0.2, -0.15) is 0 Å². The van der Waals surface area contributed by atoms with E-state index in [1.165, 1.54) is 38.5 Å². The van der Waals surface area contributed by atoms with Crippen LogP contribution in [0.15, 0.2) is 53.7 Å². The van der Waals surface area contributed by atoms with Crippen molar-refractivity contribution in [2.45, 2.75) is 13.0 Å². The van der Waals surface area contributed by atoms with E-state index in [1.54, 1.807) is 25.1 Å². The number of benzene rings is 2. The molecule has 3 N–H and O–H groups in total. The highest BCUT2D eigenvalue weighted by Crippen LogP contribution is 2.36. The van der Waals surface area contributed by atoms with Gasteiger partial charge in [-0.1, -0.05) is 0 Å². The van der Waals surface area contributed by atoms with Crippen LogP contribution in [0.1, 0.15) is 18.5 Å². The van der Waals surface area contributed by atoms with Crippen molar-refractivity contribution >= 4 is 23.3 Å². The van der Waals surface area contributed by atoms with Crippen molar-refractivity contribution in [2.75, 3.05) is 19.5 Å². The van der Waals surface area contributed by atoms with E-state index >= 15 is 0 Å². The molecule has 1 aliphatic rings. The van der Waals surface area contributed by atoms with Gasteiger partial charge in [-0.15, -0.1) is 0 Å². The van der Waals surface area contributed by atoms with E-state index in [0.29, 0.717) is 28.4 Å². The zero-order chi connectivity index (χ0) is 21.8. The highest BCUT2D eigenvalue weighted by molar-refractivity contribution is 6.07. The molecule has 0 radical (unpaired) electrons. The molecule has 1 unspecified atom stereocenters. The van der Waals surface area contributed by atoms with Crippen molar-refractivity contribution in [3.05, 3.63) is 69.4 Å². The molecule has 0 spiro atoms. The fourth-order valence-electron chi connectivity index (χ4n) is 3.16. The molecular weight excluding hydrogens is 392 g/mol. The van der Waals surface area contributed by atoms with E-state index in [4.69, 9.17) is 9.47 Å². The minimum absolute atomic E-state index is 0.0889. The first-order valence-electron chi connectivity index (χ1n) is 8.90. The Hall–Kier alpha value is -4.08. The van der Waals surface area contributed by atoms with Gasteiger partial charge in [0.1, 0.15) is 11.5 Å². The molecule has 156 valence electrons. The van der Waals surface area contributed by atoms with Crippen molar-refractivity contribution in [1.82, 2.24) is 10.6 Å². The standard InChI is InChI=1S/C20H20N4O6/c1-11-17(19(25)22-12-4-6-13(7-5-12)24(27)28)18(23-20(26)21-11)15-10-14(29-2)8-9-16(15)30-3/h4-10,18H,1-3H3,(H,22,25)(H2,21,23,26). The number of amides is 3. The number of anilines is 1. The third-order valence-corrected chi connectivity index (χ3v) is 4.60. The number of nitrogens with zero attached hydrogens (tertiary/aromatic N) is 1. The number of rotatable bonds is 6. The maximum Gasteiger partial charge on any atom is 0.319 e. The molecule has 2 aromatic rings. The number of carbonyl (C=O) groups is 2. The highest BCUT2D eigenvalue weighted by atomic mass is 16.6. The average Bonchev–Trinajstić information content (AvgIpc) is 2.72. The van der Waals surface area contributed by atoms with Crippen LogP contribution in [0.4, 0.5) is 16.2 Å². The van der Waals surface area contributed by atoms with Crippen LogP contribution < -0.4 is 25.4 Å². The first kappa shape index (κ1) is 20.6. The molecule has 0 saturated heterocycles. The number of nitrogens with one attached hydrogen (secondary N) is 3. The monoisotopic (exact) mass is 412 g/mol. The molecule has 10 heteroatoms. The molecule has 0 fully saturated rings. The molecular formula is C20H20N4O6. The van der Waals surface area contributed by atoms with Crippen molar-refractivity contribution in [3.63, 3.8) is 0 Å². The Morgan fingerprint density at radius 1 is 1.13 bits per heavy atom. The largest absolute Gasteiger partial charge is 0.497 e. The van der Waals surface area contributed by atoms with Gasteiger partial charge in [0, 0.05) is 29.1 Å². The zero-order valence-electron chi connectivity index (χ0n) is 16.5.